The number of carbonyl (C=O) groups is 1. The minimum absolute atomic E-state index is 0.107. The summed E-state index contributed by atoms with van der Waals surface area (Å²) in [5, 5.41) is 0. The van der Waals surface area contributed by atoms with Crippen LogP contribution in [0.1, 0.15) is 31.1 Å². The largest absolute Gasteiger partial charge is 0.327 e. The molecular weight excluding hydrogens is 212 g/mol. The maximum atomic E-state index is 11.6. The molecule has 0 bridgehead atoms. The lowest BCUT2D eigenvalue weighted by molar-refractivity contribution is 0.101. The van der Waals surface area contributed by atoms with Crippen LogP contribution in [-0.2, 0) is 0 Å². The number of hydrogen-bond acceptors (Lipinski definition) is 3. The van der Waals surface area contributed by atoms with Gasteiger partial charge in [-0.1, -0.05) is 26.0 Å². The van der Waals surface area contributed by atoms with Crippen LogP contribution in [0, 0.1) is 5.92 Å². The second-order valence-electron chi connectivity index (χ2n) is 4.62. The summed E-state index contributed by atoms with van der Waals surface area (Å²) < 4.78 is 0. The van der Waals surface area contributed by atoms with E-state index in [1.54, 1.807) is 6.92 Å². The summed E-state index contributed by atoms with van der Waals surface area (Å²) in [5.74, 6) is 1.58. The van der Waals surface area contributed by atoms with Gasteiger partial charge in [0.05, 0.1) is 12.2 Å². The Balaban J connectivity index is 2.41. The smallest absolute Gasteiger partial charge is 0.161 e. The van der Waals surface area contributed by atoms with Crippen LogP contribution in [0.2, 0.25) is 0 Å². The van der Waals surface area contributed by atoms with Crippen molar-refractivity contribution >= 4 is 17.3 Å². The topological polar surface area (TPSA) is 32.7 Å². The molecular formula is C14H18N2O. The van der Waals surface area contributed by atoms with Crippen molar-refractivity contribution in [3.05, 3.63) is 29.8 Å². The number of para-hydroxylation sites is 1. The van der Waals surface area contributed by atoms with Gasteiger partial charge in [0.15, 0.2) is 5.78 Å². The second-order valence-corrected chi connectivity index (χ2v) is 4.62. The van der Waals surface area contributed by atoms with Gasteiger partial charge in [-0.25, -0.2) is 0 Å². The van der Waals surface area contributed by atoms with E-state index < -0.39 is 0 Å². The van der Waals surface area contributed by atoms with Crippen LogP contribution >= 0.6 is 0 Å². The number of nitrogens with zero attached hydrogens (tertiary/aromatic N) is 2. The van der Waals surface area contributed by atoms with Crippen molar-refractivity contribution in [1.82, 2.24) is 0 Å². The zero-order valence-electron chi connectivity index (χ0n) is 10.6. The Labute approximate surface area is 102 Å². The van der Waals surface area contributed by atoms with Crippen molar-refractivity contribution in [1.29, 1.82) is 0 Å². The summed E-state index contributed by atoms with van der Waals surface area (Å²) in [6.07, 6.45) is 0. The lowest BCUT2D eigenvalue weighted by atomic mass is 10.1. The number of amidine groups is 1. The Morgan fingerprint density at radius 1 is 1.35 bits per heavy atom. The first kappa shape index (κ1) is 11.8. The molecule has 0 unspecified atom stereocenters. The van der Waals surface area contributed by atoms with E-state index in [-0.39, 0.29) is 5.78 Å². The van der Waals surface area contributed by atoms with Crippen molar-refractivity contribution in [3.8, 4) is 0 Å². The van der Waals surface area contributed by atoms with E-state index in [9.17, 15) is 4.79 Å². The summed E-state index contributed by atoms with van der Waals surface area (Å²) >= 11 is 0. The van der Waals surface area contributed by atoms with Crippen LogP contribution in [0.3, 0.4) is 0 Å². The molecule has 3 nitrogen and oxygen atoms in total. The first-order valence-electron chi connectivity index (χ1n) is 6.03. The van der Waals surface area contributed by atoms with Crippen LogP contribution < -0.4 is 4.90 Å². The number of aliphatic imine (C=N–C) groups is 1. The molecule has 0 aliphatic carbocycles. The van der Waals surface area contributed by atoms with Gasteiger partial charge in [0.25, 0.3) is 0 Å². The molecule has 3 heteroatoms. The molecule has 1 aliphatic heterocycles. The number of rotatable bonds is 3. The van der Waals surface area contributed by atoms with Crippen molar-refractivity contribution < 1.29 is 4.79 Å². The van der Waals surface area contributed by atoms with E-state index >= 15 is 0 Å². The van der Waals surface area contributed by atoms with Gasteiger partial charge >= 0.3 is 0 Å². The molecule has 1 aromatic rings. The number of benzene rings is 1. The van der Waals surface area contributed by atoms with E-state index in [1.807, 2.05) is 24.3 Å². The average Bonchev–Trinajstić information content (AvgIpc) is 2.77. The van der Waals surface area contributed by atoms with E-state index in [0.29, 0.717) is 5.92 Å². The highest BCUT2D eigenvalue weighted by molar-refractivity contribution is 6.07. The van der Waals surface area contributed by atoms with Crippen molar-refractivity contribution in [2.75, 3.05) is 18.0 Å². The molecule has 1 aliphatic rings. The first-order valence-corrected chi connectivity index (χ1v) is 6.03. The normalized spacial score (nSPS) is 15.3. The summed E-state index contributed by atoms with van der Waals surface area (Å²) in [4.78, 5) is 18.3. The van der Waals surface area contributed by atoms with Crippen LogP contribution in [-0.4, -0.2) is 24.7 Å². The summed E-state index contributed by atoms with van der Waals surface area (Å²) in [6, 6.07) is 7.76. The molecule has 90 valence electrons. The Morgan fingerprint density at radius 3 is 2.71 bits per heavy atom. The van der Waals surface area contributed by atoms with Gasteiger partial charge in [0.1, 0.15) is 5.84 Å². The molecule has 0 saturated carbocycles. The SMILES string of the molecule is CC(=O)c1ccccc1N1CCN=C1C(C)C. The number of hydrogen-bond donors (Lipinski definition) is 0. The molecule has 0 amide bonds. The lowest BCUT2D eigenvalue weighted by Gasteiger charge is -2.24. The molecule has 17 heavy (non-hydrogen) atoms. The van der Waals surface area contributed by atoms with Crippen molar-refractivity contribution in [2.24, 2.45) is 10.9 Å². The van der Waals surface area contributed by atoms with Crippen LogP contribution in [0.15, 0.2) is 29.3 Å². The molecule has 0 fully saturated rings. The molecule has 2 rings (SSSR count). The van der Waals surface area contributed by atoms with Gasteiger partial charge in [-0.2, -0.15) is 0 Å². The van der Waals surface area contributed by atoms with Gasteiger partial charge in [-0.3, -0.25) is 9.79 Å². The van der Waals surface area contributed by atoms with Crippen LogP contribution in [0.5, 0.6) is 0 Å². The fourth-order valence-corrected chi connectivity index (χ4v) is 2.21. The molecule has 1 aromatic carbocycles. The Bertz CT molecular complexity index is 463. The third-order valence-electron chi connectivity index (χ3n) is 2.96. The highest BCUT2D eigenvalue weighted by Crippen LogP contribution is 2.25. The van der Waals surface area contributed by atoms with Crippen LogP contribution in [0.25, 0.3) is 0 Å². The van der Waals surface area contributed by atoms with E-state index in [4.69, 9.17) is 0 Å². The van der Waals surface area contributed by atoms with E-state index in [2.05, 4.69) is 23.7 Å². The average molecular weight is 230 g/mol. The van der Waals surface area contributed by atoms with Gasteiger partial charge < -0.3 is 4.90 Å². The van der Waals surface area contributed by atoms with Crippen LogP contribution in [0.4, 0.5) is 5.69 Å². The number of anilines is 1. The quantitative estimate of drug-likeness (QED) is 0.748. The highest BCUT2D eigenvalue weighted by atomic mass is 16.1. The fraction of sp³-hybridized carbons (Fsp3) is 0.429. The fourth-order valence-electron chi connectivity index (χ4n) is 2.21. The summed E-state index contributed by atoms with van der Waals surface area (Å²) in [5.41, 5.74) is 1.77. The zero-order valence-corrected chi connectivity index (χ0v) is 10.6. The van der Waals surface area contributed by atoms with Gasteiger partial charge in [-0.05, 0) is 19.1 Å². The zero-order chi connectivity index (χ0) is 12.4. The van der Waals surface area contributed by atoms with E-state index in [0.717, 1.165) is 30.2 Å². The predicted octanol–water partition coefficient (Wildman–Crippen LogP) is 2.76. The molecule has 0 spiro atoms. The minimum atomic E-state index is 0.107. The van der Waals surface area contributed by atoms with Gasteiger partial charge in [0.2, 0.25) is 0 Å². The Kier molecular flexibility index (Phi) is 3.27. The molecule has 0 atom stereocenters. The Morgan fingerprint density at radius 2 is 2.06 bits per heavy atom. The number of Topliss-reactive ketones (excluding diaryl/α,β-unsaturated/α-hetero) is 1. The Hall–Kier alpha value is -1.64. The monoisotopic (exact) mass is 230 g/mol. The van der Waals surface area contributed by atoms with E-state index in [1.165, 1.54) is 0 Å². The first-order chi connectivity index (χ1) is 8.11. The highest BCUT2D eigenvalue weighted by Gasteiger charge is 2.23. The third kappa shape index (κ3) is 2.23. The van der Waals surface area contributed by atoms with Crippen molar-refractivity contribution in [2.45, 2.75) is 20.8 Å². The third-order valence-corrected chi connectivity index (χ3v) is 2.96. The molecule has 0 radical (unpaired) electrons. The predicted molar refractivity (Wildman–Crippen MR) is 70.9 cm³/mol. The van der Waals surface area contributed by atoms with Gasteiger partial charge in [0, 0.05) is 18.0 Å². The lowest BCUT2D eigenvalue weighted by Crippen LogP contribution is -2.32. The second kappa shape index (κ2) is 4.70. The summed E-state index contributed by atoms with van der Waals surface area (Å²) in [6.45, 7) is 7.57. The summed E-state index contributed by atoms with van der Waals surface area (Å²) in [7, 11) is 0. The number of carbonyl (C=O) groups excluding carboxylic acids is 1. The molecule has 1 heterocycles. The molecule has 0 aromatic heterocycles. The number of ketones is 1. The maximum absolute atomic E-state index is 11.6. The maximum Gasteiger partial charge on any atom is 0.161 e. The molecule has 0 N–H and O–H groups in total. The van der Waals surface area contributed by atoms with Gasteiger partial charge in [-0.15, -0.1) is 0 Å². The standard InChI is InChI=1S/C14H18N2O/c1-10(2)14-15-8-9-16(14)13-7-5-4-6-12(13)11(3)17/h4-7,10H,8-9H2,1-3H3. The molecule has 0 saturated heterocycles. The van der Waals surface area contributed by atoms with Crippen molar-refractivity contribution in [3.63, 3.8) is 0 Å². The minimum Gasteiger partial charge on any atom is -0.327 e.